The molecular weight excluding hydrogens is 236 g/mol. The Bertz CT molecular complexity index is 278. The van der Waals surface area contributed by atoms with E-state index in [2.05, 4.69) is 37.9 Å². The van der Waals surface area contributed by atoms with Crippen LogP contribution in [-0.4, -0.2) is 49.3 Å². The van der Waals surface area contributed by atoms with Crippen LogP contribution in [0.1, 0.15) is 47.0 Å². The summed E-state index contributed by atoms with van der Waals surface area (Å²) in [5.41, 5.74) is 0.0803. The van der Waals surface area contributed by atoms with Gasteiger partial charge in [-0.15, -0.1) is 0 Å². The van der Waals surface area contributed by atoms with Gasteiger partial charge >= 0.3 is 0 Å². The van der Waals surface area contributed by atoms with Crippen LogP contribution in [-0.2, 0) is 4.74 Å². The molecule has 0 bridgehead atoms. The SMILES string of the molecule is CC(C)CNCC1CCN(C2CCOC(C)(C)C2)C1. The number of nitrogens with zero attached hydrogens (tertiary/aromatic N) is 1. The Kier molecular flexibility index (Phi) is 5.27. The van der Waals surface area contributed by atoms with Crippen molar-refractivity contribution in [3.63, 3.8) is 0 Å². The van der Waals surface area contributed by atoms with Gasteiger partial charge in [0.15, 0.2) is 0 Å². The largest absolute Gasteiger partial charge is 0.375 e. The van der Waals surface area contributed by atoms with Crippen molar-refractivity contribution in [1.29, 1.82) is 0 Å². The maximum atomic E-state index is 5.83. The highest BCUT2D eigenvalue weighted by molar-refractivity contribution is 4.89. The van der Waals surface area contributed by atoms with Crippen molar-refractivity contribution in [2.75, 3.05) is 32.8 Å². The van der Waals surface area contributed by atoms with Crippen LogP contribution < -0.4 is 5.32 Å². The highest BCUT2D eigenvalue weighted by Gasteiger charge is 2.35. The van der Waals surface area contributed by atoms with Crippen LogP contribution in [0.2, 0.25) is 0 Å². The Labute approximate surface area is 119 Å². The highest BCUT2D eigenvalue weighted by Crippen LogP contribution is 2.30. The minimum absolute atomic E-state index is 0.0803. The van der Waals surface area contributed by atoms with Gasteiger partial charge in [0.25, 0.3) is 0 Å². The lowest BCUT2D eigenvalue weighted by Crippen LogP contribution is -2.45. The third-order valence-corrected chi connectivity index (χ3v) is 4.49. The predicted molar refractivity (Wildman–Crippen MR) is 80.4 cm³/mol. The van der Waals surface area contributed by atoms with Crippen molar-refractivity contribution >= 4 is 0 Å². The summed E-state index contributed by atoms with van der Waals surface area (Å²) in [6.07, 6.45) is 3.78. The van der Waals surface area contributed by atoms with Gasteiger partial charge in [0, 0.05) is 19.2 Å². The molecule has 0 radical (unpaired) electrons. The fraction of sp³-hybridized carbons (Fsp3) is 1.00. The topological polar surface area (TPSA) is 24.5 Å². The number of nitrogens with one attached hydrogen (secondary N) is 1. The van der Waals surface area contributed by atoms with E-state index < -0.39 is 0 Å². The van der Waals surface area contributed by atoms with Gasteiger partial charge in [-0.05, 0) is 64.6 Å². The predicted octanol–water partition coefficient (Wildman–Crippen LogP) is 2.51. The third-order valence-electron chi connectivity index (χ3n) is 4.49. The minimum atomic E-state index is 0.0803. The highest BCUT2D eigenvalue weighted by atomic mass is 16.5. The van der Waals surface area contributed by atoms with Crippen molar-refractivity contribution in [3.8, 4) is 0 Å². The molecule has 2 aliphatic heterocycles. The van der Waals surface area contributed by atoms with Crippen molar-refractivity contribution in [1.82, 2.24) is 10.2 Å². The summed E-state index contributed by atoms with van der Waals surface area (Å²) in [6.45, 7) is 14.9. The van der Waals surface area contributed by atoms with E-state index in [4.69, 9.17) is 4.74 Å². The monoisotopic (exact) mass is 268 g/mol. The summed E-state index contributed by atoms with van der Waals surface area (Å²) in [6, 6.07) is 0.749. The number of likely N-dealkylation sites (tertiary alicyclic amines) is 1. The summed E-state index contributed by atoms with van der Waals surface area (Å²) in [4.78, 5) is 2.71. The van der Waals surface area contributed by atoms with Crippen molar-refractivity contribution in [2.24, 2.45) is 11.8 Å². The maximum absolute atomic E-state index is 5.83. The maximum Gasteiger partial charge on any atom is 0.0641 e. The Morgan fingerprint density at radius 1 is 1.32 bits per heavy atom. The van der Waals surface area contributed by atoms with Crippen molar-refractivity contribution < 1.29 is 4.74 Å². The zero-order valence-corrected chi connectivity index (χ0v) is 13.2. The fourth-order valence-electron chi connectivity index (χ4n) is 3.45. The van der Waals surface area contributed by atoms with E-state index in [0.717, 1.165) is 31.0 Å². The lowest BCUT2D eigenvalue weighted by molar-refractivity contribution is -0.0806. The molecule has 0 spiro atoms. The molecule has 0 amide bonds. The Morgan fingerprint density at radius 3 is 2.79 bits per heavy atom. The average molecular weight is 268 g/mol. The van der Waals surface area contributed by atoms with Crippen LogP contribution in [0.25, 0.3) is 0 Å². The molecule has 2 atom stereocenters. The molecule has 0 saturated carbocycles. The molecule has 0 aromatic heterocycles. The van der Waals surface area contributed by atoms with Gasteiger partial charge < -0.3 is 10.1 Å². The molecule has 1 N–H and O–H groups in total. The molecule has 2 heterocycles. The van der Waals surface area contributed by atoms with E-state index in [1.165, 1.54) is 38.9 Å². The Morgan fingerprint density at radius 2 is 2.11 bits per heavy atom. The smallest absolute Gasteiger partial charge is 0.0641 e. The molecule has 3 heteroatoms. The average Bonchev–Trinajstić information content (AvgIpc) is 2.76. The van der Waals surface area contributed by atoms with E-state index in [1.54, 1.807) is 0 Å². The van der Waals surface area contributed by atoms with Gasteiger partial charge in [-0.25, -0.2) is 0 Å². The first-order valence-corrected chi connectivity index (χ1v) is 8.05. The Balaban J connectivity index is 1.72. The van der Waals surface area contributed by atoms with E-state index in [1.807, 2.05) is 0 Å². The van der Waals surface area contributed by atoms with Gasteiger partial charge in [0.2, 0.25) is 0 Å². The number of rotatable bonds is 5. The van der Waals surface area contributed by atoms with Crippen LogP contribution in [0.4, 0.5) is 0 Å². The molecule has 0 aromatic carbocycles. The first-order valence-electron chi connectivity index (χ1n) is 8.05. The van der Waals surface area contributed by atoms with Gasteiger partial charge in [0.05, 0.1) is 5.60 Å². The van der Waals surface area contributed by atoms with Gasteiger partial charge in [0.1, 0.15) is 0 Å². The fourth-order valence-corrected chi connectivity index (χ4v) is 3.45. The molecule has 2 fully saturated rings. The minimum Gasteiger partial charge on any atom is -0.375 e. The summed E-state index contributed by atoms with van der Waals surface area (Å²) in [5, 5.41) is 3.62. The lowest BCUT2D eigenvalue weighted by atomic mass is 9.93. The molecule has 0 aromatic rings. The van der Waals surface area contributed by atoms with Crippen LogP contribution in [0.3, 0.4) is 0 Å². The zero-order chi connectivity index (χ0) is 13.9. The molecule has 2 aliphatic rings. The van der Waals surface area contributed by atoms with E-state index >= 15 is 0 Å². The second kappa shape index (κ2) is 6.55. The van der Waals surface area contributed by atoms with E-state index in [0.29, 0.717) is 0 Å². The third kappa shape index (κ3) is 4.73. The lowest BCUT2D eigenvalue weighted by Gasteiger charge is -2.40. The van der Waals surface area contributed by atoms with Gasteiger partial charge in [-0.1, -0.05) is 13.8 Å². The molecular formula is C16H32N2O. The second-order valence-corrected chi connectivity index (χ2v) is 7.46. The van der Waals surface area contributed by atoms with Crippen molar-refractivity contribution in [2.45, 2.75) is 58.6 Å². The number of hydrogen-bond donors (Lipinski definition) is 1. The number of ether oxygens (including phenoxy) is 1. The van der Waals surface area contributed by atoms with Gasteiger partial charge in [-0.2, -0.15) is 0 Å². The van der Waals surface area contributed by atoms with Gasteiger partial charge in [-0.3, -0.25) is 4.90 Å². The van der Waals surface area contributed by atoms with Crippen LogP contribution in [0.5, 0.6) is 0 Å². The summed E-state index contributed by atoms with van der Waals surface area (Å²) >= 11 is 0. The zero-order valence-electron chi connectivity index (χ0n) is 13.2. The molecule has 2 saturated heterocycles. The summed E-state index contributed by atoms with van der Waals surface area (Å²) in [7, 11) is 0. The molecule has 112 valence electrons. The molecule has 0 aliphatic carbocycles. The Hall–Kier alpha value is -0.120. The van der Waals surface area contributed by atoms with E-state index in [9.17, 15) is 0 Å². The van der Waals surface area contributed by atoms with Crippen LogP contribution >= 0.6 is 0 Å². The quantitative estimate of drug-likeness (QED) is 0.829. The summed E-state index contributed by atoms with van der Waals surface area (Å²) < 4.78 is 5.83. The standard InChI is InChI=1S/C16H32N2O/c1-13(2)10-17-11-14-5-7-18(12-14)15-6-8-19-16(3,4)9-15/h13-15,17H,5-12H2,1-4H3. The molecule has 2 rings (SSSR count). The number of hydrogen-bond acceptors (Lipinski definition) is 3. The molecule has 2 unspecified atom stereocenters. The molecule has 19 heavy (non-hydrogen) atoms. The molecule has 3 nitrogen and oxygen atoms in total. The first kappa shape index (κ1) is 15.3. The van der Waals surface area contributed by atoms with E-state index in [-0.39, 0.29) is 5.60 Å². The van der Waals surface area contributed by atoms with Crippen LogP contribution in [0, 0.1) is 11.8 Å². The van der Waals surface area contributed by atoms with Crippen molar-refractivity contribution in [3.05, 3.63) is 0 Å². The first-order chi connectivity index (χ1) is 8.96. The normalized spacial score (nSPS) is 32.1. The van der Waals surface area contributed by atoms with Crippen LogP contribution in [0.15, 0.2) is 0 Å². The second-order valence-electron chi connectivity index (χ2n) is 7.46. The summed E-state index contributed by atoms with van der Waals surface area (Å²) in [5.74, 6) is 1.61.